The fourth-order valence-corrected chi connectivity index (χ4v) is 2.63. The molecule has 0 atom stereocenters. The fourth-order valence-electron chi connectivity index (χ4n) is 2.63. The first-order chi connectivity index (χ1) is 13.2. The van der Waals surface area contributed by atoms with Crippen molar-refractivity contribution in [2.75, 3.05) is 40.0 Å². The van der Waals surface area contributed by atoms with Crippen LogP contribution in [0.3, 0.4) is 0 Å². The van der Waals surface area contributed by atoms with Gasteiger partial charge in [0.2, 0.25) is 0 Å². The monoisotopic (exact) mass is 372 g/mol. The van der Waals surface area contributed by atoms with E-state index in [0.717, 1.165) is 28.6 Å². The summed E-state index contributed by atoms with van der Waals surface area (Å²) in [4.78, 5) is 11.8. The van der Waals surface area contributed by atoms with Gasteiger partial charge in [0.1, 0.15) is 31.3 Å². The summed E-state index contributed by atoms with van der Waals surface area (Å²) in [5.74, 6) is 3.04. The molecule has 2 aromatic rings. The molecule has 7 heteroatoms. The lowest BCUT2D eigenvalue weighted by Gasteiger charge is -2.18. The van der Waals surface area contributed by atoms with Gasteiger partial charge in [-0.15, -0.1) is 0 Å². The van der Waals surface area contributed by atoms with Crippen LogP contribution in [0.1, 0.15) is 5.56 Å². The van der Waals surface area contributed by atoms with Crippen LogP contribution in [0.5, 0.6) is 23.0 Å². The Hall–Kier alpha value is -3.09. The molecule has 27 heavy (non-hydrogen) atoms. The van der Waals surface area contributed by atoms with Gasteiger partial charge in [-0.1, -0.05) is 6.07 Å². The lowest BCUT2D eigenvalue weighted by Crippen LogP contribution is -2.38. The number of benzene rings is 2. The van der Waals surface area contributed by atoms with Gasteiger partial charge in [-0.05, 0) is 48.4 Å². The summed E-state index contributed by atoms with van der Waals surface area (Å²) in [6.45, 7) is 2.49. The molecule has 0 aliphatic carbocycles. The number of ether oxygens (including phenoxy) is 4. The number of rotatable bonds is 8. The van der Waals surface area contributed by atoms with Gasteiger partial charge in [0.25, 0.3) is 0 Å². The van der Waals surface area contributed by atoms with Gasteiger partial charge in [0.15, 0.2) is 11.5 Å². The van der Waals surface area contributed by atoms with E-state index in [-0.39, 0.29) is 6.03 Å². The van der Waals surface area contributed by atoms with Crippen molar-refractivity contribution < 1.29 is 23.7 Å². The summed E-state index contributed by atoms with van der Waals surface area (Å²) >= 11 is 0. The molecule has 2 N–H and O–H groups in total. The standard InChI is InChI=1S/C20H24N2O5/c1-24-16-3-5-17(6-4-16)25-11-10-22-20(23)21-9-8-15-2-7-18-19(14-15)27-13-12-26-18/h2-7,14H,8-13H2,1H3,(H2,21,22,23). The molecule has 0 spiro atoms. The summed E-state index contributed by atoms with van der Waals surface area (Å²) in [5, 5.41) is 5.60. The molecule has 0 fully saturated rings. The first-order valence-electron chi connectivity index (χ1n) is 8.91. The third kappa shape index (κ3) is 5.70. The van der Waals surface area contributed by atoms with E-state index in [2.05, 4.69) is 10.6 Å². The molecule has 0 saturated heterocycles. The van der Waals surface area contributed by atoms with Crippen LogP contribution >= 0.6 is 0 Å². The van der Waals surface area contributed by atoms with Crippen LogP contribution in [0.2, 0.25) is 0 Å². The van der Waals surface area contributed by atoms with Crippen LogP contribution < -0.4 is 29.6 Å². The third-order valence-electron chi connectivity index (χ3n) is 4.02. The maximum absolute atomic E-state index is 11.8. The zero-order valence-corrected chi connectivity index (χ0v) is 15.3. The van der Waals surface area contributed by atoms with Gasteiger partial charge in [-0.2, -0.15) is 0 Å². The second-order valence-electron chi connectivity index (χ2n) is 5.93. The molecule has 0 saturated carbocycles. The van der Waals surface area contributed by atoms with Crippen molar-refractivity contribution in [2.24, 2.45) is 0 Å². The number of amides is 2. The lowest BCUT2D eigenvalue weighted by atomic mass is 10.1. The summed E-state index contributed by atoms with van der Waals surface area (Å²) in [6.07, 6.45) is 0.715. The quantitative estimate of drug-likeness (QED) is 0.696. The molecule has 1 aliphatic rings. The summed E-state index contributed by atoms with van der Waals surface area (Å²) in [5.41, 5.74) is 1.09. The van der Waals surface area contributed by atoms with Crippen LogP contribution in [0.25, 0.3) is 0 Å². The Morgan fingerprint density at radius 2 is 1.67 bits per heavy atom. The highest BCUT2D eigenvalue weighted by molar-refractivity contribution is 5.73. The Balaban J connectivity index is 1.30. The normalized spacial score (nSPS) is 12.2. The summed E-state index contributed by atoms with van der Waals surface area (Å²) in [6, 6.07) is 12.9. The number of nitrogens with one attached hydrogen (secondary N) is 2. The van der Waals surface area contributed by atoms with E-state index in [4.69, 9.17) is 18.9 Å². The van der Waals surface area contributed by atoms with Crippen molar-refractivity contribution >= 4 is 6.03 Å². The number of hydrogen-bond acceptors (Lipinski definition) is 5. The third-order valence-corrected chi connectivity index (χ3v) is 4.02. The predicted molar refractivity (Wildman–Crippen MR) is 101 cm³/mol. The molecule has 0 radical (unpaired) electrons. The second-order valence-corrected chi connectivity index (χ2v) is 5.93. The summed E-state index contributed by atoms with van der Waals surface area (Å²) < 4.78 is 21.7. The van der Waals surface area contributed by atoms with E-state index in [1.807, 2.05) is 42.5 Å². The smallest absolute Gasteiger partial charge is 0.314 e. The number of carbonyl (C=O) groups excluding carboxylic acids is 1. The largest absolute Gasteiger partial charge is 0.497 e. The minimum atomic E-state index is -0.217. The van der Waals surface area contributed by atoms with Gasteiger partial charge in [0.05, 0.1) is 13.7 Å². The first kappa shape index (κ1) is 18.7. The minimum Gasteiger partial charge on any atom is -0.497 e. The average Bonchev–Trinajstić information content (AvgIpc) is 2.71. The van der Waals surface area contributed by atoms with E-state index in [1.165, 1.54) is 0 Å². The van der Waals surface area contributed by atoms with Gasteiger partial charge < -0.3 is 29.6 Å². The fraction of sp³-hybridized carbons (Fsp3) is 0.350. The highest BCUT2D eigenvalue weighted by Gasteiger charge is 2.11. The Morgan fingerprint density at radius 1 is 0.963 bits per heavy atom. The molecule has 7 nitrogen and oxygen atoms in total. The van der Waals surface area contributed by atoms with Crippen LogP contribution in [0.15, 0.2) is 42.5 Å². The highest BCUT2D eigenvalue weighted by atomic mass is 16.6. The lowest BCUT2D eigenvalue weighted by molar-refractivity contribution is 0.171. The molecule has 144 valence electrons. The molecule has 1 aliphatic heterocycles. The summed E-state index contributed by atoms with van der Waals surface area (Å²) in [7, 11) is 1.62. The molecular weight excluding hydrogens is 348 g/mol. The molecule has 2 aromatic carbocycles. The van der Waals surface area contributed by atoms with Crippen LogP contribution in [0, 0.1) is 0 Å². The zero-order chi connectivity index (χ0) is 18.9. The van der Waals surface area contributed by atoms with Crippen molar-refractivity contribution in [1.82, 2.24) is 10.6 Å². The van der Waals surface area contributed by atoms with Gasteiger partial charge in [-0.25, -0.2) is 4.79 Å². The molecule has 0 aromatic heterocycles. The average molecular weight is 372 g/mol. The Labute approximate surface area is 158 Å². The van der Waals surface area contributed by atoms with Gasteiger partial charge >= 0.3 is 6.03 Å². The van der Waals surface area contributed by atoms with E-state index in [1.54, 1.807) is 7.11 Å². The van der Waals surface area contributed by atoms with E-state index in [0.29, 0.717) is 39.3 Å². The van der Waals surface area contributed by atoms with E-state index < -0.39 is 0 Å². The molecule has 1 heterocycles. The number of hydrogen-bond donors (Lipinski definition) is 2. The molecule has 3 rings (SSSR count). The van der Waals surface area contributed by atoms with Crippen LogP contribution in [0.4, 0.5) is 4.79 Å². The predicted octanol–water partition coefficient (Wildman–Crippen LogP) is 2.39. The zero-order valence-electron chi connectivity index (χ0n) is 15.3. The molecule has 2 amide bonds. The van der Waals surface area contributed by atoms with Gasteiger partial charge in [-0.3, -0.25) is 0 Å². The van der Waals surface area contributed by atoms with Crippen molar-refractivity contribution in [3.8, 4) is 23.0 Å². The Kier molecular flexibility index (Phi) is 6.62. The molecule has 0 unspecified atom stereocenters. The number of fused-ring (bicyclic) bond motifs is 1. The molecule has 0 bridgehead atoms. The number of carbonyl (C=O) groups is 1. The van der Waals surface area contributed by atoms with Crippen molar-refractivity contribution in [3.05, 3.63) is 48.0 Å². The minimum absolute atomic E-state index is 0.217. The first-order valence-corrected chi connectivity index (χ1v) is 8.91. The second kappa shape index (κ2) is 9.56. The van der Waals surface area contributed by atoms with Crippen LogP contribution in [-0.4, -0.2) is 46.1 Å². The maximum atomic E-state index is 11.8. The van der Waals surface area contributed by atoms with Crippen molar-refractivity contribution in [3.63, 3.8) is 0 Å². The van der Waals surface area contributed by atoms with E-state index >= 15 is 0 Å². The van der Waals surface area contributed by atoms with Gasteiger partial charge in [0, 0.05) is 6.54 Å². The van der Waals surface area contributed by atoms with Crippen molar-refractivity contribution in [2.45, 2.75) is 6.42 Å². The van der Waals surface area contributed by atoms with Crippen molar-refractivity contribution in [1.29, 1.82) is 0 Å². The Morgan fingerprint density at radius 3 is 2.44 bits per heavy atom. The number of urea groups is 1. The topological polar surface area (TPSA) is 78.1 Å². The Bertz CT molecular complexity index is 749. The maximum Gasteiger partial charge on any atom is 0.314 e. The van der Waals surface area contributed by atoms with E-state index in [9.17, 15) is 4.79 Å². The number of methoxy groups -OCH3 is 1. The SMILES string of the molecule is COc1ccc(OCCNC(=O)NCCc2ccc3c(c2)OCCO3)cc1. The molecular formula is C20H24N2O5. The highest BCUT2D eigenvalue weighted by Crippen LogP contribution is 2.30. The van der Waals surface area contributed by atoms with Crippen LogP contribution in [-0.2, 0) is 6.42 Å².